The number of hydrazone groups is 1. The maximum absolute atomic E-state index is 12.6. The Bertz CT molecular complexity index is 795. The van der Waals surface area contributed by atoms with Crippen molar-refractivity contribution in [2.45, 2.75) is 19.3 Å². The maximum Gasteiger partial charge on any atom is 0.315 e. The molecule has 130 valence electrons. The van der Waals surface area contributed by atoms with Crippen molar-refractivity contribution in [3.8, 4) is 0 Å². The molecule has 0 spiro atoms. The molecule has 0 fully saturated rings. The Balaban J connectivity index is 1.79. The van der Waals surface area contributed by atoms with Crippen LogP contribution in [-0.2, 0) is 16.1 Å². The van der Waals surface area contributed by atoms with E-state index in [-0.39, 0.29) is 13.0 Å². The Labute approximate surface area is 150 Å². The molecule has 1 heterocycles. The SMILES string of the molecule is Nc1ccc(C2=NNC(O)CC2C(=O)OCc2ccccc2)cc1Cl. The number of nitrogens with one attached hydrogen (secondary N) is 1. The fraction of sp³-hybridized carbons (Fsp3) is 0.222. The van der Waals surface area contributed by atoms with Gasteiger partial charge in [0.2, 0.25) is 0 Å². The molecule has 1 aliphatic heterocycles. The monoisotopic (exact) mass is 359 g/mol. The molecule has 2 unspecified atom stereocenters. The van der Waals surface area contributed by atoms with E-state index < -0.39 is 18.1 Å². The number of carbonyl (C=O) groups is 1. The lowest BCUT2D eigenvalue weighted by atomic mass is 9.92. The van der Waals surface area contributed by atoms with E-state index in [2.05, 4.69) is 10.5 Å². The first-order chi connectivity index (χ1) is 12.0. The third-order valence-corrected chi connectivity index (χ3v) is 4.26. The first-order valence-corrected chi connectivity index (χ1v) is 8.19. The lowest BCUT2D eigenvalue weighted by Crippen LogP contribution is -2.41. The number of rotatable bonds is 4. The molecule has 4 N–H and O–H groups in total. The molecule has 0 bridgehead atoms. The van der Waals surface area contributed by atoms with E-state index in [1.165, 1.54) is 0 Å². The van der Waals surface area contributed by atoms with Gasteiger partial charge in [0, 0.05) is 12.0 Å². The Hall–Kier alpha value is -2.57. The smallest absolute Gasteiger partial charge is 0.315 e. The first kappa shape index (κ1) is 17.3. The van der Waals surface area contributed by atoms with E-state index in [0.717, 1.165) is 5.56 Å². The van der Waals surface area contributed by atoms with Crippen LogP contribution < -0.4 is 11.2 Å². The summed E-state index contributed by atoms with van der Waals surface area (Å²) in [4.78, 5) is 12.6. The van der Waals surface area contributed by atoms with Gasteiger partial charge in [-0.2, -0.15) is 5.10 Å². The van der Waals surface area contributed by atoms with Gasteiger partial charge in [0.25, 0.3) is 0 Å². The number of anilines is 1. The normalized spacial score (nSPS) is 19.7. The Morgan fingerprint density at radius 2 is 2.08 bits per heavy atom. The van der Waals surface area contributed by atoms with Crippen molar-refractivity contribution in [3.05, 3.63) is 64.7 Å². The van der Waals surface area contributed by atoms with Gasteiger partial charge in [-0.05, 0) is 17.7 Å². The molecule has 0 aliphatic carbocycles. The van der Waals surface area contributed by atoms with E-state index in [1.807, 2.05) is 30.3 Å². The zero-order valence-electron chi connectivity index (χ0n) is 13.4. The van der Waals surface area contributed by atoms with Crippen LogP contribution in [0.4, 0.5) is 5.69 Å². The zero-order valence-corrected chi connectivity index (χ0v) is 14.1. The van der Waals surface area contributed by atoms with Crippen molar-refractivity contribution in [1.29, 1.82) is 0 Å². The van der Waals surface area contributed by atoms with Crippen LogP contribution >= 0.6 is 11.6 Å². The summed E-state index contributed by atoms with van der Waals surface area (Å²) in [5, 5.41) is 14.3. The van der Waals surface area contributed by atoms with Gasteiger partial charge in [-0.3, -0.25) is 10.2 Å². The third-order valence-electron chi connectivity index (χ3n) is 3.93. The number of halogens is 1. The van der Waals surface area contributed by atoms with Gasteiger partial charge in [0.15, 0.2) is 0 Å². The molecule has 1 aliphatic rings. The lowest BCUT2D eigenvalue weighted by molar-refractivity contribution is -0.148. The van der Waals surface area contributed by atoms with Crippen LogP contribution in [0, 0.1) is 5.92 Å². The number of ether oxygens (including phenoxy) is 1. The summed E-state index contributed by atoms with van der Waals surface area (Å²) >= 11 is 6.06. The summed E-state index contributed by atoms with van der Waals surface area (Å²) in [5.74, 6) is -1.14. The molecule has 7 heteroatoms. The summed E-state index contributed by atoms with van der Waals surface area (Å²) in [5.41, 5.74) is 10.8. The molecule has 6 nitrogen and oxygen atoms in total. The standard InChI is InChI=1S/C18H18ClN3O3/c19-14-8-12(6-7-15(14)20)17-13(9-16(23)21-22-17)18(24)25-10-11-4-2-1-3-5-11/h1-8,13,16,21,23H,9-10,20H2. The summed E-state index contributed by atoms with van der Waals surface area (Å²) in [6, 6.07) is 14.4. The van der Waals surface area contributed by atoms with E-state index >= 15 is 0 Å². The summed E-state index contributed by atoms with van der Waals surface area (Å²) in [6.07, 6.45) is -0.753. The second kappa shape index (κ2) is 7.55. The second-order valence-corrected chi connectivity index (χ2v) is 6.17. The highest BCUT2D eigenvalue weighted by Gasteiger charge is 2.33. The van der Waals surface area contributed by atoms with Crippen LogP contribution in [0.2, 0.25) is 5.02 Å². The van der Waals surface area contributed by atoms with Gasteiger partial charge in [0.1, 0.15) is 18.8 Å². The van der Waals surface area contributed by atoms with Gasteiger partial charge >= 0.3 is 5.97 Å². The number of esters is 1. The molecule has 2 aromatic rings. The molecule has 0 amide bonds. The van der Waals surface area contributed by atoms with Crippen molar-refractivity contribution in [3.63, 3.8) is 0 Å². The number of nitrogens with two attached hydrogens (primary N) is 1. The fourth-order valence-electron chi connectivity index (χ4n) is 2.60. The molecule has 0 saturated carbocycles. The highest BCUT2D eigenvalue weighted by Crippen LogP contribution is 2.25. The zero-order chi connectivity index (χ0) is 17.8. The topological polar surface area (TPSA) is 96.9 Å². The van der Waals surface area contributed by atoms with Crippen LogP contribution in [0.3, 0.4) is 0 Å². The second-order valence-electron chi connectivity index (χ2n) is 5.76. The van der Waals surface area contributed by atoms with E-state index in [9.17, 15) is 9.90 Å². The third kappa shape index (κ3) is 4.10. The number of aliphatic hydroxyl groups excluding tert-OH is 1. The van der Waals surface area contributed by atoms with Crippen molar-refractivity contribution < 1.29 is 14.6 Å². The number of aliphatic hydroxyl groups is 1. The number of hydrogen-bond donors (Lipinski definition) is 3. The van der Waals surface area contributed by atoms with Crippen molar-refractivity contribution >= 4 is 29.0 Å². The molecule has 3 rings (SSSR count). The number of hydrogen-bond acceptors (Lipinski definition) is 6. The summed E-state index contributed by atoms with van der Waals surface area (Å²) in [7, 11) is 0. The fourth-order valence-corrected chi connectivity index (χ4v) is 2.78. The Morgan fingerprint density at radius 1 is 1.32 bits per heavy atom. The molecule has 0 radical (unpaired) electrons. The average Bonchev–Trinajstić information content (AvgIpc) is 2.63. The molecule has 2 atom stereocenters. The number of nitrogens with zero attached hydrogens (tertiary/aromatic N) is 1. The van der Waals surface area contributed by atoms with Crippen LogP contribution in [0.15, 0.2) is 53.6 Å². The van der Waals surface area contributed by atoms with Gasteiger partial charge in [-0.25, -0.2) is 0 Å². The molecule has 2 aromatic carbocycles. The number of nitrogen functional groups attached to an aromatic ring is 1. The highest BCUT2D eigenvalue weighted by molar-refractivity contribution is 6.33. The largest absolute Gasteiger partial charge is 0.460 e. The molecular formula is C18H18ClN3O3. The van der Waals surface area contributed by atoms with Crippen molar-refractivity contribution in [2.24, 2.45) is 11.0 Å². The van der Waals surface area contributed by atoms with Gasteiger partial charge in [-0.15, -0.1) is 0 Å². The average molecular weight is 360 g/mol. The van der Waals surface area contributed by atoms with Crippen molar-refractivity contribution in [1.82, 2.24) is 5.43 Å². The van der Waals surface area contributed by atoms with Crippen LogP contribution in [0.5, 0.6) is 0 Å². The van der Waals surface area contributed by atoms with Gasteiger partial charge < -0.3 is 15.6 Å². The van der Waals surface area contributed by atoms with E-state index in [1.54, 1.807) is 18.2 Å². The predicted octanol–water partition coefficient (Wildman–Crippen LogP) is 2.30. The van der Waals surface area contributed by atoms with Gasteiger partial charge in [-0.1, -0.05) is 48.0 Å². The van der Waals surface area contributed by atoms with Crippen LogP contribution in [0.1, 0.15) is 17.5 Å². The number of benzene rings is 2. The molecule has 25 heavy (non-hydrogen) atoms. The Morgan fingerprint density at radius 3 is 2.80 bits per heavy atom. The van der Waals surface area contributed by atoms with Crippen LogP contribution in [-0.4, -0.2) is 23.0 Å². The van der Waals surface area contributed by atoms with E-state index in [4.69, 9.17) is 22.1 Å². The number of carbonyl (C=O) groups excluding carboxylic acids is 1. The Kier molecular flexibility index (Phi) is 5.21. The summed E-state index contributed by atoms with van der Waals surface area (Å²) in [6.45, 7) is 0.162. The van der Waals surface area contributed by atoms with Crippen LogP contribution in [0.25, 0.3) is 0 Å². The highest BCUT2D eigenvalue weighted by atomic mass is 35.5. The lowest BCUT2D eigenvalue weighted by Gasteiger charge is -2.26. The van der Waals surface area contributed by atoms with E-state index in [0.29, 0.717) is 22.0 Å². The minimum absolute atomic E-state index is 0.161. The quantitative estimate of drug-likeness (QED) is 0.575. The molecular weight excluding hydrogens is 342 g/mol. The first-order valence-electron chi connectivity index (χ1n) is 7.81. The summed E-state index contributed by atoms with van der Waals surface area (Å²) < 4.78 is 5.41. The minimum Gasteiger partial charge on any atom is -0.460 e. The predicted molar refractivity (Wildman–Crippen MR) is 95.9 cm³/mol. The minimum atomic E-state index is -0.915. The van der Waals surface area contributed by atoms with Crippen molar-refractivity contribution in [2.75, 3.05) is 5.73 Å². The van der Waals surface area contributed by atoms with Gasteiger partial charge in [0.05, 0.1) is 16.4 Å². The molecule has 0 saturated heterocycles. The maximum atomic E-state index is 12.6. The molecule has 0 aromatic heterocycles.